The molecule has 0 amide bonds. The fourth-order valence-electron chi connectivity index (χ4n) is 2.50. The van der Waals surface area contributed by atoms with Crippen LogP contribution in [0.2, 0.25) is 0 Å². The summed E-state index contributed by atoms with van der Waals surface area (Å²) in [5, 5.41) is 4.84. The maximum Gasteiger partial charge on any atom is 0.132 e. The van der Waals surface area contributed by atoms with Crippen LogP contribution < -0.4 is 0 Å². The van der Waals surface area contributed by atoms with Gasteiger partial charge in [0.25, 0.3) is 0 Å². The molecule has 0 N–H and O–H groups in total. The minimum absolute atomic E-state index is 0.260. The standard InChI is InChI=1S/C16H10FN3/c17-14-7-6-13(16-12(14)4-2-9-18-16)15-5-1-3-11-8-10-19-20(11)15/h1-10H. The van der Waals surface area contributed by atoms with Gasteiger partial charge in [0.1, 0.15) is 5.82 Å². The molecule has 4 heteroatoms. The summed E-state index contributed by atoms with van der Waals surface area (Å²) in [5.41, 5.74) is 3.42. The molecule has 4 aromatic rings. The molecule has 0 atom stereocenters. The number of hydrogen-bond acceptors (Lipinski definition) is 2. The van der Waals surface area contributed by atoms with Crippen LogP contribution in [0.5, 0.6) is 0 Å². The Morgan fingerprint density at radius 2 is 1.85 bits per heavy atom. The second-order valence-corrected chi connectivity index (χ2v) is 4.57. The number of benzene rings is 1. The number of hydrogen-bond donors (Lipinski definition) is 0. The first-order chi connectivity index (χ1) is 9.84. The molecule has 1 aromatic carbocycles. The van der Waals surface area contributed by atoms with Crippen molar-refractivity contribution in [2.75, 3.05) is 0 Å². The third kappa shape index (κ3) is 1.51. The number of halogens is 1. The molecule has 4 rings (SSSR count). The molecular formula is C16H10FN3. The van der Waals surface area contributed by atoms with E-state index >= 15 is 0 Å². The molecule has 0 saturated carbocycles. The van der Waals surface area contributed by atoms with Gasteiger partial charge in [0.15, 0.2) is 0 Å². The maximum atomic E-state index is 13.9. The van der Waals surface area contributed by atoms with Crippen molar-refractivity contribution in [1.82, 2.24) is 14.6 Å². The van der Waals surface area contributed by atoms with Gasteiger partial charge in [-0.15, -0.1) is 0 Å². The number of nitrogens with zero attached hydrogens (tertiary/aromatic N) is 3. The molecule has 0 aliphatic rings. The molecule has 20 heavy (non-hydrogen) atoms. The van der Waals surface area contributed by atoms with Gasteiger partial charge in [0.05, 0.1) is 22.9 Å². The Hall–Kier alpha value is -2.75. The van der Waals surface area contributed by atoms with Crippen LogP contribution in [0, 0.1) is 5.82 Å². The van der Waals surface area contributed by atoms with Crippen molar-refractivity contribution in [3.63, 3.8) is 0 Å². The summed E-state index contributed by atoms with van der Waals surface area (Å²) in [4.78, 5) is 4.33. The second kappa shape index (κ2) is 4.13. The quantitative estimate of drug-likeness (QED) is 0.524. The van der Waals surface area contributed by atoms with Crippen LogP contribution >= 0.6 is 0 Å². The molecule has 3 nitrogen and oxygen atoms in total. The highest BCUT2D eigenvalue weighted by atomic mass is 19.1. The SMILES string of the molecule is Fc1ccc(-c2cccc3ccnn23)c2ncccc12. The summed E-state index contributed by atoms with van der Waals surface area (Å²) in [6.07, 6.45) is 3.42. The molecule has 0 spiro atoms. The first-order valence-corrected chi connectivity index (χ1v) is 6.31. The highest BCUT2D eigenvalue weighted by molar-refractivity contribution is 5.93. The lowest BCUT2D eigenvalue weighted by atomic mass is 10.1. The van der Waals surface area contributed by atoms with Crippen LogP contribution in [0.4, 0.5) is 4.39 Å². The first kappa shape index (κ1) is 11.1. The van der Waals surface area contributed by atoms with Gasteiger partial charge < -0.3 is 0 Å². The van der Waals surface area contributed by atoms with E-state index in [9.17, 15) is 4.39 Å². The minimum atomic E-state index is -0.260. The molecule has 3 heterocycles. The Morgan fingerprint density at radius 1 is 0.900 bits per heavy atom. The van der Waals surface area contributed by atoms with E-state index in [-0.39, 0.29) is 5.82 Å². The molecule has 3 aromatic heterocycles. The van der Waals surface area contributed by atoms with Crippen molar-refractivity contribution >= 4 is 16.4 Å². The molecule has 0 saturated heterocycles. The van der Waals surface area contributed by atoms with Crippen molar-refractivity contribution in [3.05, 3.63) is 66.7 Å². The summed E-state index contributed by atoms with van der Waals surface area (Å²) in [6.45, 7) is 0. The number of rotatable bonds is 1. The topological polar surface area (TPSA) is 30.2 Å². The van der Waals surface area contributed by atoms with E-state index in [4.69, 9.17) is 0 Å². The minimum Gasteiger partial charge on any atom is -0.255 e. The predicted molar refractivity (Wildman–Crippen MR) is 75.9 cm³/mol. The van der Waals surface area contributed by atoms with Crippen LogP contribution in [0.25, 0.3) is 27.7 Å². The zero-order valence-corrected chi connectivity index (χ0v) is 10.5. The molecule has 0 aliphatic carbocycles. The Bertz CT molecular complexity index is 927. The van der Waals surface area contributed by atoms with Crippen LogP contribution in [0.15, 0.2) is 60.9 Å². The van der Waals surface area contributed by atoms with Crippen molar-refractivity contribution in [3.8, 4) is 11.3 Å². The van der Waals surface area contributed by atoms with Gasteiger partial charge >= 0.3 is 0 Å². The van der Waals surface area contributed by atoms with E-state index in [1.807, 2.05) is 28.8 Å². The smallest absolute Gasteiger partial charge is 0.132 e. The van der Waals surface area contributed by atoms with Crippen molar-refractivity contribution in [1.29, 1.82) is 0 Å². The van der Waals surface area contributed by atoms with E-state index < -0.39 is 0 Å². The van der Waals surface area contributed by atoms with Crippen LogP contribution in [-0.4, -0.2) is 14.6 Å². The molecule has 0 fully saturated rings. The molecule has 0 aliphatic heterocycles. The highest BCUT2D eigenvalue weighted by Crippen LogP contribution is 2.28. The zero-order chi connectivity index (χ0) is 13.5. The largest absolute Gasteiger partial charge is 0.255 e. The Morgan fingerprint density at radius 3 is 2.80 bits per heavy atom. The van der Waals surface area contributed by atoms with Gasteiger partial charge in [0.2, 0.25) is 0 Å². The molecule has 96 valence electrons. The third-order valence-electron chi connectivity index (χ3n) is 3.41. The summed E-state index contributed by atoms with van der Waals surface area (Å²) < 4.78 is 15.7. The molecule has 0 bridgehead atoms. The lowest BCUT2D eigenvalue weighted by Crippen LogP contribution is -1.95. The van der Waals surface area contributed by atoms with Crippen LogP contribution in [0.1, 0.15) is 0 Å². The van der Waals surface area contributed by atoms with Gasteiger partial charge in [-0.1, -0.05) is 6.07 Å². The third-order valence-corrected chi connectivity index (χ3v) is 3.41. The van der Waals surface area contributed by atoms with Crippen LogP contribution in [-0.2, 0) is 0 Å². The summed E-state index contributed by atoms with van der Waals surface area (Å²) in [5.74, 6) is -0.260. The van der Waals surface area contributed by atoms with E-state index in [1.165, 1.54) is 6.07 Å². The average Bonchev–Trinajstić information content (AvgIpc) is 2.97. The van der Waals surface area contributed by atoms with Gasteiger partial charge in [0, 0.05) is 17.1 Å². The monoisotopic (exact) mass is 263 g/mol. The lowest BCUT2D eigenvalue weighted by molar-refractivity contribution is 0.639. The second-order valence-electron chi connectivity index (χ2n) is 4.57. The van der Waals surface area contributed by atoms with Crippen molar-refractivity contribution in [2.45, 2.75) is 0 Å². The van der Waals surface area contributed by atoms with Crippen LogP contribution in [0.3, 0.4) is 0 Å². The number of fused-ring (bicyclic) bond motifs is 2. The number of aromatic nitrogens is 3. The number of pyridine rings is 2. The van der Waals surface area contributed by atoms with E-state index in [0.29, 0.717) is 10.9 Å². The highest BCUT2D eigenvalue weighted by Gasteiger charge is 2.11. The van der Waals surface area contributed by atoms with E-state index in [1.54, 1.807) is 30.6 Å². The van der Waals surface area contributed by atoms with Gasteiger partial charge in [-0.25, -0.2) is 8.91 Å². The van der Waals surface area contributed by atoms with Gasteiger partial charge in [-0.3, -0.25) is 4.98 Å². The summed E-state index contributed by atoms with van der Waals surface area (Å²) in [6, 6.07) is 14.5. The molecular weight excluding hydrogens is 253 g/mol. The van der Waals surface area contributed by atoms with E-state index in [0.717, 1.165) is 16.8 Å². The lowest BCUT2D eigenvalue weighted by Gasteiger charge is -2.08. The van der Waals surface area contributed by atoms with Crippen molar-refractivity contribution < 1.29 is 4.39 Å². The molecule has 0 radical (unpaired) electrons. The predicted octanol–water partition coefficient (Wildman–Crippen LogP) is 3.69. The first-order valence-electron chi connectivity index (χ1n) is 6.31. The van der Waals surface area contributed by atoms with Gasteiger partial charge in [-0.05, 0) is 42.5 Å². The Balaban J connectivity index is 2.13. The summed E-state index contributed by atoms with van der Waals surface area (Å²) in [7, 11) is 0. The normalized spacial score (nSPS) is 11.2. The summed E-state index contributed by atoms with van der Waals surface area (Å²) >= 11 is 0. The fraction of sp³-hybridized carbons (Fsp3) is 0. The van der Waals surface area contributed by atoms with Crippen molar-refractivity contribution in [2.24, 2.45) is 0 Å². The molecule has 0 unspecified atom stereocenters. The Labute approximate surface area is 114 Å². The average molecular weight is 263 g/mol. The zero-order valence-electron chi connectivity index (χ0n) is 10.5. The Kier molecular flexibility index (Phi) is 2.29. The maximum absolute atomic E-state index is 13.9. The van der Waals surface area contributed by atoms with E-state index in [2.05, 4.69) is 10.1 Å². The fourth-order valence-corrected chi connectivity index (χ4v) is 2.50. The van der Waals surface area contributed by atoms with Gasteiger partial charge in [-0.2, -0.15) is 5.10 Å².